The Kier molecular flexibility index (Phi) is 7.30. The third-order valence-corrected chi connectivity index (χ3v) is 2.36. The predicted octanol–water partition coefficient (Wildman–Crippen LogP) is 1.50. The van der Waals surface area contributed by atoms with E-state index in [4.69, 9.17) is 17.4 Å². The molecule has 0 radical (unpaired) electrons. The maximum absolute atomic E-state index is 8.88. The molecule has 0 aromatic rings. The standard InChI is InChI=1S/C13H20N4/c1-5-12(9-13(15)16-4)7-6-8-17(10-14)11(2)3/h1,9,11H,6-8H2,2-4H3,(H2,15,16)/b12-9+. The number of nitriles is 1. The summed E-state index contributed by atoms with van der Waals surface area (Å²) in [6, 6.07) is 0.223. The lowest BCUT2D eigenvalue weighted by atomic mass is 10.1. The van der Waals surface area contributed by atoms with Crippen molar-refractivity contribution < 1.29 is 0 Å². The second kappa shape index (κ2) is 8.24. The number of rotatable bonds is 6. The fourth-order valence-corrected chi connectivity index (χ4v) is 1.29. The van der Waals surface area contributed by atoms with E-state index in [0.29, 0.717) is 12.4 Å². The van der Waals surface area contributed by atoms with Gasteiger partial charge in [0, 0.05) is 25.2 Å². The molecule has 0 amide bonds. The van der Waals surface area contributed by atoms with Crippen LogP contribution in [0.1, 0.15) is 26.7 Å². The van der Waals surface area contributed by atoms with Crippen molar-refractivity contribution in [3.63, 3.8) is 0 Å². The van der Waals surface area contributed by atoms with Gasteiger partial charge in [-0.05, 0) is 32.8 Å². The van der Waals surface area contributed by atoms with Crippen molar-refractivity contribution in [2.75, 3.05) is 13.6 Å². The molecule has 0 atom stereocenters. The van der Waals surface area contributed by atoms with E-state index in [2.05, 4.69) is 17.1 Å². The molecule has 4 heteroatoms. The smallest absolute Gasteiger partial charge is 0.179 e. The van der Waals surface area contributed by atoms with Crippen molar-refractivity contribution in [2.24, 2.45) is 10.7 Å². The van der Waals surface area contributed by atoms with Gasteiger partial charge in [0.15, 0.2) is 6.19 Å². The van der Waals surface area contributed by atoms with Crippen LogP contribution in [0.25, 0.3) is 0 Å². The lowest BCUT2D eigenvalue weighted by Gasteiger charge is -2.19. The molecule has 2 N–H and O–H groups in total. The van der Waals surface area contributed by atoms with E-state index in [0.717, 1.165) is 18.4 Å². The summed E-state index contributed by atoms with van der Waals surface area (Å²) >= 11 is 0. The summed E-state index contributed by atoms with van der Waals surface area (Å²) < 4.78 is 0. The highest BCUT2D eigenvalue weighted by atomic mass is 15.1. The predicted molar refractivity (Wildman–Crippen MR) is 71.2 cm³/mol. The van der Waals surface area contributed by atoms with Crippen molar-refractivity contribution in [1.29, 1.82) is 5.26 Å². The van der Waals surface area contributed by atoms with Gasteiger partial charge in [-0.15, -0.1) is 6.42 Å². The quantitative estimate of drug-likeness (QED) is 0.248. The zero-order valence-corrected chi connectivity index (χ0v) is 10.8. The number of amidine groups is 1. The topological polar surface area (TPSA) is 65.4 Å². The van der Waals surface area contributed by atoms with E-state index in [1.54, 1.807) is 18.0 Å². The molecular weight excluding hydrogens is 212 g/mol. The van der Waals surface area contributed by atoms with Crippen molar-refractivity contribution in [2.45, 2.75) is 32.7 Å². The summed E-state index contributed by atoms with van der Waals surface area (Å²) in [4.78, 5) is 5.55. The zero-order chi connectivity index (χ0) is 13.3. The number of terminal acetylenes is 1. The van der Waals surface area contributed by atoms with Gasteiger partial charge in [0.1, 0.15) is 5.84 Å². The van der Waals surface area contributed by atoms with Gasteiger partial charge in [0.2, 0.25) is 0 Å². The Morgan fingerprint density at radius 3 is 2.65 bits per heavy atom. The van der Waals surface area contributed by atoms with Crippen LogP contribution in [0.4, 0.5) is 0 Å². The van der Waals surface area contributed by atoms with Crippen molar-refractivity contribution >= 4 is 5.84 Å². The summed E-state index contributed by atoms with van der Waals surface area (Å²) in [5.41, 5.74) is 6.39. The Morgan fingerprint density at radius 2 is 2.24 bits per heavy atom. The number of nitrogens with zero attached hydrogens (tertiary/aromatic N) is 3. The molecule has 0 aliphatic carbocycles. The minimum absolute atomic E-state index is 0.223. The van der Waals surface area contributed by atoms with Gasteiger partial charge < -0.3 is 10.6 Å². The Bertz CT molecular complexity index is 366. The molecule has 0 rings (SSSR count). The number of nitrogens with two attached hydrogens (primary N) is 1. The van der Waals surface area contributed by atoms with Gasteiger partial charge in [-0.25, -0.2) is 0 Å². The third-order valence-electron chi connectivity index (χ3n) is 2.36. The Morgan fingerprint density at radius 1 is 1.59 bits per heavy atom. The number of hydrogen-bond acceptors (Lipinski definition) is 3. The highest BCUT2D eigenvalue weighted by molar-refractivity contribution is 5.92. The summed E-state index contributed by atoms with van der Waals surface area (Å²) in [6.45, 7) is 4.68. The summed E-state index contributed by atoms with van der Waals surface area (Å²) in [5.74, 6) is 3.02. The van der Waals surface area contributed by atoms with Crippen molar-refractivity contribution in [3.05, 3.63) is 11.6 Å². The normalized spacial score (nSPS) is 12.1. The van der Waals surface area contributed by atoms with Crippen LogP contribution in [0, 0.1) is 23.8 Å². The van der Waals surface area contributed by atoms with Crippen LogP contribution in [0.3, 0.4) is 0 Å². The maximum Gasteiger partial charge on any atom is 0.179 e. The van der Waals surface area contributed by atoms with Gasteiger partial charge in [0.25, 0.3) is 0 Å². The van der Waals surface area contributed by atoms with Crippen LogP contribution in [-0.4, -0.2) is 30.4 Å². The highest BCUT2D eigenvalue weighted by Gasteiger charge is 2.06. The molecule has 0 bridgehead atoms. The maximum atomic E-state index is 8.88. The molecule has 92 valence electrons. The molecule has 4 nitrogen and oxygen atoms in total. The Labute approximate surface area is 104 Å². The molecule has 0 fully saturated rings. The second-order valence-corrected chi connectivity index (χ2v) is 3.95. The number of hydrogen-bond donors (Lipinski definition) is 1. The molecule has 0 aromatic heterocycles. The van der Waals surface area contributed by atoms with Crippen molar-refractivity contribution in [3.8, 4) is 18.5 Å². The SMILES string of the molecule is C#C/C(=C\C(N)=N/C)CCCN(C#N)C(C)C. The van der Waals surface area contributed by atoms with E-state index in [-0.39, 0.29) is 6.04 Å². The number of aliphatic imine (C=N–C) groups is 1. The van der Waals surface area contributed by atoms with Crippen LogP contribution < -0.4 is 5.73 Å². The van der Waals surface area contributed by atoms with Gasteiger partial charge in [-0.3, -0.25) is 4.99 Å². The highest BCUT2D eigenvalue weighted by Crippen LogP contribution is 2.06. The van der Waals surface area contributed by atoms with Crippen LogP contribution in [0.5, 0.6) is 0 Å². The molecule has 0 aliphatic heterocycles. The molecule has 0 saturated heterocycles. The lowest BCUT2D eigenvalue weighted by Crippen LogP contribution is -2.26. The summed E-state index contributed by atoms with van der Waals surface area (Å²) in [5, 5.41) is 8.88. The Balaban J connectivity index is 4.24. The van der Waals surface area contributed by atoms with Crippen molar-refractivity contribution in [1.82, 2.24) is 4.90 Å². The first-order chi connectivity index (χ1) is 8.04. The largest absolute Gasteiger partial charge is 0.384 e. The first-order valence-corrected chi connectivity index (χ1v) is 5.61. The van der Waals surface area contributed by atoms with Gasteiger partial charge in [-0.2, -0.15) is 5.26 Å². The second-order valence-electron chi connectivity index (χ2n) is 3.95. The molecule has 0 saturated carbocycles. The molecule has 0 spiro atoms. The summed E-state index contributed by atoms with van der Waals surface area (Å²) in [6.07, 6.45) is 10.8. The molecule has 0 aliphatic rings. The molecule has 0 aromatic carbocycles. The first kappa shape index (κ1) is 15.1. The minimum atomic E-state index is 0.223. The van der Waals surface area contributed by atoms with E-state index < -0.39 is 0 Å². The zero-order valence-electron chi connectivity index (χ0n) is 10.8. The van der Waals surface area contributed by atoms with Gasteiger partial charge in [0.05, 0.1) is 0 Å². The minimum Gasteiger partial charge on any atom is -0.384 e. The Hall–Kier alpha value is -1.94. The van der Waals surface area contributed by atoms with Gasteiger partial charge in [-0.1, -0.05) is 5.92 Å². The fourth-order valence-electron chi connectivity index (χ4n) is 1.29. The first-order valence-electron chi connectivity index (χ1n) is 5.61. The monoisotopic (exact) mass is 232 g/mol. The van der Waals surface area contributed by atoms with E-state index in [9.17, 15) is 0 Å². The van der Waals surface area contributed by atoms with E-state index >= 15 is 0 Å². The van der Waals surface area contributed by atoms with E-state index in [1.165, 1.54) is 0 Å². The lowest BCUT2D eigenvalue weighted by molar-refractivity contribution is 0.321. The van der Waals surface area contributed by atoms with Crippen LogP contribution in [-0.2, 0) is 0 Å². The summed E-state index contributed by atoms with van der Waals surface area (Å²) in [7, 11) is 1.62. The molecule has 0 unspecified atom stereocenters. The third kappa shape index (κ3) is 6.27. The fraction of sp³-hybridized carbons (Fsp3) is 0.538. The molecular formula is C13H20N4. The van der Waals surface area contributed by atoms with Crippen LogP contribution in [0.2, 0.25) is 0 Å². The van der Waals surface area contributed by atoms with E-state index in [1.807, 2.05) is 13.8 Å². The van der Waals surface area contributed by atoms with Crippen LogP contribution >= 0.6 is 0 Å². The average molecular weight is 232 g/mol. The average Bonchev–Trinajstić information content (AvgIpc) is 2.32. The number of allylic oxidation sites excluding steroid dienone is 1. The van der Waals surface area contributed by atoms with Gasteiger partial charge >= 0.3 is 0 Å². The molecule has 17 heavy (non-hydrogen) atoms. The van der Waals surface area contributed by atoms with Crippen LogP contribution in [0.15, 0.2) is 16.6 Å². The molecule has 0 heterocycles.